The monoisotopic (exact) mass is 139 g/mol. The summed E-state index contributed by atoms with van der Waals surface area (Å²) in [6.07, 6.45) is 5.17. The average molecular weight is 139 g/mol. The average Bonchev–Trinajstić information content (AvgIpc) is 2.37. The van der Waals surface area contributed by atoms with Gasteiger partial charge in [-0.2, -0.15) is 0 Å². The van der Waals surface area contributed by atoms with Gasteiger partial charge in [0, 0.05) is 0 Å². The first-order valence-electron chi connectivity index (χ1n) is 3.04. The van der Waals surface area contributed by atoms with Crippen LogP contribution in [0.25, 0.3) is 6.08 Å². The van der Waals surface area contributed by atoms with E-state index in [-0.39, 0.29) is 6.61 Å². The van der Waals surface area contributed by atoms with Gasteiger partial charge in [-0.3, -0.25) is 0 Å². The van der Waals surface area contributed by atoms with Gasteiger partial charge in [-0.15, -0.1) is 0 Å². The van der Waals surface area contributed by atoms with Crippen LogP contribution in [0, 0.1) is 0 Å². The summed E-state index contributed by atoms with van der Waals surface area (Å²) in [6, 6.07) is 0. The highest BCUT2D eigenvalue weighted by Crippen LogP contribution is 2.02. The van der Waals surface area contributed by atoms with Crippen LogP contribution >= 0.6 is 0 Å². The van der Waals surface area contributed by atoms with Crippen molar-refractivity contribution < 1.29 is 9.52 Å². The quantitative estimate of drug-likeness (QED) is 0.669. The fourth-order valence-corrected chi connectivity index (χ4v) is 0.645. The van der Waals surface area contributed by atoms with E-state index >= 15 is 0 Å². The molecule has 0 saturated heterocycles. The first-order chi connectivity index (χ1) is 4.86. The van der Waals surface area contributed by atoms with Gasteiger partial charge in [0.25, 0.3) is 0 Å². The fraction of sp³-hybridized carbons (Fsp3) is 0.286. The van der Waals surface area contributed by atoms with Crippen molar-refractivity contribution in [3.05, 3.63) is 23.9 Å². The minimum atomic E-state index is -0.141. The van der Waals surface area contributed by atoms with Crippen molar-refractivity contribution in [1.29, 1.82) is 0 Å². The molecule has 0 aliphatic rings. The Labute approximate surface area is 59.0 Å². The van der Waals surface area contributed by atoms with Crippen molar-refractivity contribution in [3.8, 4) is 0 Å². The molecule has 0 saturated carbocycles. The number of rotatable bonds is 2. The molecule has 0 atom stereocenters. The molecule has 54 valence electrons. The third-order valence-electron chi connectivity index (χ3n) is 1.04. The Morgan fingerprint density at radius 1 is 1.80 bits per heavy atom. The van der Waals surface area contributed by atoms with Crippen LogP contribution in [-0.4, -0.2) is 10.1 Å². The molecule has 1 heterocycles. The highest BCUT2D eigenvalue weighted by Gasteiger charge is 1.96. The number of hydrogen-bond donors (Lipinski definition) is 1. The summed E-state index contributed by atoms with van der Waals surface area (Å²) in [5.41, 5.74) is 0.742. The van der Waals surface area contributed by atoms with Gasteiger partial charge in [-0.1, -0.05) is 6.08 Å². The van der Waals surface area contributed by atoms with E-state index in [0.29, 0.717) is 5.89 Å². The van der Waals surface area contributed by atoms with E-state index in [0.717, 1.165) is 5.69 Å². The molecule has 1 N–H and O–H groups in total. The molecule has 10 heavy (non-hydrogen) atoms. The van der Waals surface area contributed by atoms with Crippen LogP contribution in [0.1, 0.15) is 18.5 Å². The zero-order valence-corrected chi connectivity index (χ0v) is 5.74. The molecule has 0 fully saturated rings. The van der Waals surface area contributed by atoms with Crippen molar-refractivity contribution >= 4 is 6.08 Å². The number of nitrogens with zero attached hydrogens (tertiary/aromatic N) is 1. The second-order valence-electron chi connectivity index (χ2n) is 1.82. The molecule has 0 aromatic carbocycles. The molecule has 0 amide bonds. The molecule has 0 spiro atoms. The fourth-order valence-electron chi connectivity index (χ4n) is 0.645. The van der Waals surface area contributed by atoms with Crippen LogP contribution in [0.4, 0.5) is 0 Å². The van der Waals surface area contributed by atoms with Gasteiger partial charge in [0.2, 0.25) is 5.89 Å². The van der Waals surface area contributed by atoms with Crippen LogP contribution < -0.4 is 0 Å². The molecule has 0 aliphatic carbocycles. The third-order valence-corrected chi connectivity index (χ3v) is 1.04. The lowest BCUT2D eigenvalue weighted by molar-refractivity contribution is 0.240. The van der Waals surface area contributed by atoms with Gasteiger partial charge in [0.05, 0.1) is 0 Å². The van der Waals surface area contributed by atoms with Crippen molar-refractivity contribution in [2.45, 2.75) is 13.5 Å². The SMILES string of the molecule is C/C=C\c1coc(CO)n1. The summed E-state index contributed by atoms with van der Waals surface area (Å²) in [4.78, 5) is 3.92. The van der Waals surface area contributed by atoms with Crippen molar-refractivity contribution in [2.24, 2.45) is 0 Å². The molecule has 3 heteroatoms. The smallest absolute Gasteiger partial charge is 0.220 e. The molecule has 0 radical (unpaired) electrons. The van der Waals surface area contributed by atoms with E-state index < -0.39 is 0 Å². The van der Waals surface area contributed by atoms with E-state index in [1.807, 2.05) is 19.1 Å². The predicted octanol–water partition coefficient (Wildman–Crippen LogP) is 1.20. The minimum absolute atomic E-state index is 0.141. The van der Waals surface area contributed by atoms with Gasteiger partial charge >= 0.3 is 0 Å². The molecule has 0 unspecified atom stereocenters. The largest absolute Gasteiger partial charge is 0.446 e. The lowest BCUT2D eigenvalue weighted by Gasteiger charge is -1.79. The number of hydrogen-bond acceptors (Lipinski definition) is 3. The first kappa shape index (κ1) is 7.02. The Morgan fingerprint density at radius 2 is 2.60 bits per heavy atom. The van der Waals surface area contributed by atoms with Crippen LogP contribution in [0.2, 0.25) is 0 Å². The summed E-state index contributed by atoms with van der Waals surface area (Å²) in [7, 11) is 0. The summed E-state index contributed by atoms with van der Waals surface area (Å²) < 4.78 is 4.85. The normalized spacial score (nSPS) is 11.0. The molecular formula is C7H9NO2. The molecule has 3 nitrogen and oxygen atoms in total. The Morgan fingerprint density at radius 3 is 3.10 bits per heavy atom. The second kappa shape index (κ2) is 3.17. The summed E-state index contributed by atoms with van der Waals surface area (Å²) in [5, 5.41) is 8.54. The summed E-state index contributed by atoms with van der Waals surface area (Å²) >= 11 is 0. The van der Waals surface area contributed by atoms with E-state index in [1.54, 1.807) is 0 Å². The Bertz CT molecular complexity index is 227. The van der Waals surface area contributed by atoms with Gasteiger partial charge in [-0.25, -0.2) is 4.98 Å². The summed E-state index contributed by atoms with van der Waals surface area (Å²) in [6.45, 7) is 1.75. The molecular weight excluding hydrogens is 130 g/mol. The molecule has 0 aliphatic heterocycles. The molecule has 0 bridgehead atoms. The van der Waals surface area contributed by atoms with Gasteiger partial charge in [0.1, 0.15) is 18.6 Å². The van der Waals surface area contributed by atoms with Gasteiger partial charge in [-0.05, 0) is 13.0 Å². The van der Waals surface area contributed by atoms with Crippen molar-refractivity contribution in [1.82, 2.24) is 4.98 Å². The highest BCUT2D eigenvalue weighted by atomic mass is 16.4. The zero-order valence-electron chi connectivity index (χ0n) is 5.74. The maximum absolute atomic E-state index is 8.54. The molecule has 1 aromatic heterocycles. The zero-order chi connectivity index (χ0) is 7.40. The number of aliphatic hydroxyl groups is 1. The number of allylic oxidation sites excluding steroid dienone is 1. The van der Waals surface area contributed by atoms with Crippen LogP contribution in [0.3, 0.4) is 0 Å². The Hall–Kier alpha value is -1.09. The number of aromatic nitrogens is 1. The molecule has 1 rings (SSSR count). The Kier molecular flexibility index (Phi) is 2.23. The van der Waals surface area contributed by atoms with E-state index in [2.05, 4.69) is 4.98 Å². The second-order valence-corrected chi connectivity index (χ2v) is 1.82. The van der Waals surface area contributed by atoms with Gasteiger partial charge < -0.3 is 9.52 Å². The molecule has 1 aromatic rings. The lowest BCUT2D eigenvalue weighted by atomic mass is 10.4. The van der Waals surface area contributed by atoms with Crippen LogP contribution in [-0.2, 0) is 6.61 Å². The summed E-state index contributed by atoms with van der Waals surface area (Å²) in [5.74, 6) is 0.355. The maximum atomic E-state index is 8.54. The van der Waals surface area contributed by atoms with Crippen molar-refractivity contribution in [3.63, 3.8) is 0 Å². The first-order valence-corrected chi connectivity index (χ1v) is 3.04. The van der Waals surface area contributed by atoms with Gasteiger partial charge in [0.15, 0.2) is 0 Å². The van der Waals surface area contributed by atoms with Crippen LogP contribution in [0.15, 0.2) is 16.8 Å². The predicted molar refractivity (Wildman–Crippen MR) is 37.1 cm³/mol. The van der Waals surface area contributed by atoms with E-state index in [9.17, 15) is 0 Å². The van der Waals surface area contributed by atoms with E-state index in [4.69, 9.17) is 9.52 Å². The third kappa shape index (κ3) is 1.45. The number of aliphatic hydroxyl groups excluding tert-OH is 1. The van der Waals surface area contributed by atoms with Crippen LogP contribution in [0.5, 0.6) is 0 Å². The number of oxazole rings is 1. The topological polar surface area (TPSA) is 46.3 Å². The van der Waals surface area contributed by atoms with E-state index in [1.165, 1.54) is 6.26 Å². The van der Waals surface area contributed by atoms with Crippen molar-refractivity contribution in [2.75, 3.05) is 0 Å². The highest BCUT2D eigenvalue weighted by molar-refractivity contribution is 5.41. The lowest BCUT2D eigenvalue weighted by Crippen LogP contribution is -1.80. The maximum Gasteiger partial charge on any atom is 0.220 e. The minimum Gasteiger partial charge on any atom is -0.446 e. The standard InChI is InChI=1S/C7H9NO2/c1-2-3-6-5-10-7(4-9)8-6/h2-3,5,9H,4H2,1H3/b3-2-. The Balaban J connectivity index is 2.78.